The van der Waals surface area contributed by atoms with Crippen LogP contribution >= 0.6 is 0 Å². The fraction of sp³-hybridized carbons (Fsp3) is 0. The molecule has 1 aromatic carbocycles. The van der Waals surface area contributed by atoms with E-state index in [2.05, 4.69) is 15.4 Å². The molecule has 3 aromatic rings. The number of aromatic nitrogens is 2. The van der Waals surface area contributed by atoms with Gasteiger partial charge in [0.2, 0.25) is 0 Å². The van der Waals surface area contributed by atoms with Crippen molar-refractivity contribution in [2.24, 2.45) is 5.84 Å². The van der Waals surface area contributed by atoms with Gasteiger partial charge in [0.25, 0.3) is 0 Å². The summed E-state index contributed by atoms with van der Waals surface area (Å²) in [6, 6.07) is 11.8. The summed E-state index contributed by atoms with van der Waals surface area (Å²) in [7, 11) is 0. The fourth-order valence-electron chi connectivity index (χ4n) is 2.01. The van der Waals surface area contributed by atoms with Crippen molar-refractivity contribution in [3.05, 3.63) is 55.0 Å². The van der Waals surface area contributed by atoms with Crippen LogP contribution in [-0.4, -0.2) is 9.97 Å². The lowest BCUT2D eigenvalue weighted by atomic mass is 10.0. The molecule has 88 valence electrons. The van der Waals surface area contributed by atoms with Gasteiger partial charge in [-0.05, 0) is 23.6 Å². The smallest absolute Gasteiger partial charge is 0.0729 e. The SMILES string of the molecule is NNc1ccnc(-c2cccc3cnccc23)c1. The monoisotopic (exact) mass is 236 g/mol. The summed E-state index contributed by atoms with van der Waals surface area (Å²) < 4.78 is 0. The standard InChI is InChI=1S/C14H12N4/c15-18-11-4-7-17-14(8-11)13-3-1-2-10-9-16-6-5-12(10)13/h1-9H,15H2,(H,17,18). The molecule has 0 fully saturated rings. The van der Waals surface area contributed by atoms with Gasteiger partial charge in [-0.3, -0.25) is 15.8 Å². The number of nitrogens with one attached hydrogen (secondary N) is 1. The van der Waals surface area contributed by atoms with Crippen molar-refractivity contribution in [3.8, 4) is 11.3 Å². The molecular formula is C14H12N4. The molecule has 2 heterocycles. The summed E-state index contributed by atoms with van der Waals surface area (Å²) in [5.41, 5.74) is 5.44. The normalized spacial score (nSPS) is 10.5. The highest BCUT2D eigenvalue weighted by Gasteiger charge is 2.05. The first-order chi connectivity index (χ1) is 8.88. The molecule has 0 radical (unpaired) electrons. The van der Waals surface area contributed by atoms with Crippen LogP contribution in [0.15, 0.2) is 55.0 Å². The van der Waals surface area contributed by atoms with Crippen LogP contribution in [0.2, 0.25) is 0 Å². The Morgan fingerprint density at radius 3 is 2.89 bits per heavy atom. The average Bonchev–Trinajstić information content (AvgIpc) is 2.47. The predicted octanol–water partition coefficient (Wildman–Crippen LogP) is 2.58. The first kappa shape index (κ1) is 10.7. The Labute approximate surface area is 104 Å². The van der Waals surface area contributed by atoms with Crippen molar-refractivity contribution in [1.29, 1.82) is 0 Å². The molecule has 0 amide bonds. The maximum Gasteiger partial charge on any atom is 0.0729 e. The lowest BCUT2D eigenvalue weighted by Gasteiger charge is -2.07. The van der Waals surface area contributed by atoms with Crippen molar-refractivity contribution in [1.82, 2.24) is 9.97 Å². The molecule has 0 saturated carbocycles. The highest BCUT2D eigenvalue weighted by molar-refractivity contribution is 5.95. The van der Waals surface area contributed by atoms with Crippen LogP contribution < -0.4 is 11.3 Å². The molecule has 4 heteroatoms. The molecule has 0 saturated heterocycles. The van der Waals surface area contributed by atoms with E-state index < -0.39 is 0 Å². The summed E-state index contributed by atoms with van der Waals surface area (Å²) in [5, 5.41) is 2.23. The van der Waals surface area contributed by atoms with E-state index in [-0.39, 0.29) is 0 Å². The van der Waals surface area contributed by atoms with E-state index in [1.54, 1.807) is 12.4 Å². The quantitative estimate of drug-likeness (QED) is 0.530. The summed E-state index contributed by atoms with van der Waals surface area (Å²) in [5.74, 6) is 5.42. The molecule has 0 bridgehead atoms. The van der Waals surface area contributed by atoms with E-state index in [0.29, 0.717) is 0 Å². The second-order valence-electron chi connectivity index (χ2n) is 3.98. The summed E-state index contributed by atoms with van der Waals surface area (Å²) >= 11 is 0. The second kappa shape index (κ2) is 4.43. The Balaban J connectivity index is 2.24. The van der Waals surface area contributed by atoms with Gasteiger partial charge < -0.3 is 5.43 Å². The third-order valence-electron chi connectivity index (χ3n) is 2.88. The molecule has 4 nitrogen and oxygen atoms in total. The molecule has 18 heavy (non-hydrogen) atoms. The summed E-state index contributed by atoms with van der Waals surface area (Å²) in [6.45, 7) is 0. The van der Waals surface area contributed by atoms with Crippen LogP contribution in [0.5, 0.6) is 0 Å². The van der Waals surface area contributed by atoms with E-state index in [1.807, 2.05) is 42.6 Å². The molecule has 0 atom stereocenters. The number of rotatable bonds is 2. The number of fused-ring (bicyclic) bond motifs is 1. The molecule has 3 N–H and O–H groups in total. The van der Waals surface area contributed by atoms with Crippen molar-refractivity contribution >= 4 is 16.5 Å². The van der Waals surface area contributed by atoms with Crippen LogP contribution in [-0.2, 0) is 0 Å². The van der Waals surface area contributed by atoms with Crippen LogP contribution in [0.4, 0.5) is 5.69 Å². The fourth-order valence-corrected chi connectivity index (χ4v) is 2.01. The van der Waals surface area contributed by atoms with E-state index >= 15 is 0 Å². The summed E-state index contributed by atoms with van der Waals surface area (Å²) in [6.07, 6.45) is 5.38. The molecular weight excluding hydrogens is 224 g/mol. The maximum absolute atomic E-state index is 5.42. The molecule has 0 aliphatic heterocycles. The molecule has 2 aromatic heterocycles. The van der Waals surface area contributed by atoms with Crippen molar-refractivity contribution < 1.29 is 0 Å². The Morgan fingerprint density at radius 1 is 1.06 bits per heavy atom. The number of hydrazine groups is 1. The zero-order valence-electron chi connectivity index (χ0n) is 9.67. The molecule has 0 aliphatic carbocycles. The molecule has 0 unspecified atom stereocenters. The van der Waals surface area contributed by atoms with Gasteiger partial charge in [0.05, 0.1) is 11.4 Å². The van der Waals surface area contributed by atoms with Gasteiger partial charge in [-0.15, -0.1) is 0 Å². The molecule has 3 rings (SSSR count). The van der Waals surface area contributed by atoms with Crippen molar-refractivity contribution in [2.75, 3.05) is 5.43 Å². The minimum absolute atomic E-state index is 0.839. The Hall–Kier alpha value is -2.46. The minimum Gasteiger partial charge on any atom is -0.324 e. The van der Waals surface area contributed by atoms with E-state index in [0.717, 1.165) is 27.7 Å². The average molecular weight is 236 g/mol. The Morgan fingerprint density at radius 2 is 2.00 bits per heavy atom. The maximum atomic E-state index is 5.42. The van der Waals surface area contributed by atoms with Crippen molar-refractivity contribution in [2.45, 2.75) is 0 Å². The summed E-state index contributed by atoms with van der Waals surface area (Å²) in [4.78, 5) is 8.52. The van der Waals surface area contributed by atoms with E-state index in [4.69, 9.17) is 5.84 Å². The highest BCUT2D eigenvalue weighted by atomic mass is 15.2. The van der Waals surface area contributed by atoms with Gasteiger partial charge in [0.1, 0.15) is 0 Å². The Bertz CT molecular complexity index is 689. The van der Waals surface area contributed by atoms with E-state index in [9.17, 15) is 0 Å². The number of anilines is 1. The predicted molar refractivity (Wildman–Crippen MR) is 72.8 cm³/mol. The number of nitrogens with zero attached hydrogens (tertiary/aromatic N) is 2. The molecule has 0 spiro atoms. The topological polar surface area (TPSA) is 63.8 Å². The van der Waals surface area contributed by atoms with Gasteiger partial charge in [0.15, 0.2) is 0 Å². The minimum atomic E-state index is 0.839. The number of benzene rings is 1. The zero-order chi connectivity index (χ0) is 12.4. The van der Waals surface area contributed by atoms with Gasteiger partial charge in [-0.2, -0.15) is 0 Å². The number of hydrogen-bond acceptors (Lipinski definition) is 4. The van der Waals surface area contributed by atoms with Crippen LogP contribution in [0.1, 0.15) is 0 Å². The third kappa shape index (κ3) is 1.78. The number of nitrogens with two attached hydrogens (primary N) is 1. The number of hydrogen-bond donors (Lipinski definition) is 2. The Kier molecular flexibility index (Phi) is 2.63. The van der Waals surface area contributed by atoms with E-state index in [1.165, 1.54) is 0 Å². The molecule has 0 aliphatic rings. The van der Waals surface area contributed by atoms with Crippen LogP contribution in [0.25, 0.3) is 22.0 Å². The van der Waals surface area contributed by atoms with Crippen LogP contribution in [0.3, 0.4) is 0 Å². The highest BCUT2D eigenvalue weighted by Crippen LogP contribution is 2.27. The van der Waals surface area contributed by atoms with Gasteiger partial charge in [0, 0.05) is 29.5 Å². The van der Waals surface area contributed by atoms with Crippen molar-refractivity contribution in [3.63, 3.8) is 0 Å². The lowest BCUT2D eigenvalue weighted by molar-refractivity contribution is 1.28. The first-order valence-electron chi connectivity index (χ1n) is 5.64. The zero-order valence-corrected chi connectivity index (χ0v) is 9.67. The third-order valence-corrected chi connectivity index (χ3v) is 2.88. The lowest BCUT2D eigenvalue weighted by Crippen LogP contribution is -2.06. The largest absolute Gasteiger partial charge is 0.324 e. The second-order valence-corrected chi connectivity index (χ2v) is 3.98. The van der Waals surface area contributed by atoms with Gasteiger partial charge in [-0.1, -0.05) is 18.2 Å². The van der Waals surface area contributed by atoms with Gasteiger partial charge in [-0.25, -0.2) is 0 Å². The first-order valence-corrected chi connectivity index (χ1v) is 5.64. The number of nitrogen functional groups attached to an aromatic ring is 1. The van der Waals surface area contributed by atoms with Crippen LogP contribution in [0, 0.1) is 0 Å². The number of pyridine rings is 2. The van der Waals surface area contributed by atoms with Gasteiger partial charge >= 0.3 is 0 Å².